The summed E-state index contributed by atoms with van der Waals surface area (Å²) in [5.74, 6) is 0. The van der Waals surface area contributed by atoms with E-state index in [2.05, 4.69) is 30.8 Å². The predicted molar refractivity (Wildman–Crippen MR) is 77.6 cm³/mol. The summed E-state index contributed by atoms with van der Waals surface area (Å²) in [5, 5.41) is 14.7. The van der Waals surface area contributed by atoms with Crippen molar-refractivity contribution in [2.24, 2.45) is 0 Å². The molecular formula is C15H13ClO3. The van der Waals surface area contributed by atoms with E-state index < -0.39 is 6.16 Å². The first-order chi connectivity index (χ1) is 9.02. The smallest absolute Gasteiger partial charge is 0.450 e. The standard InChI is InChI=1S/C14H11Cl.CH2O3/c1-2-11-3-5-12(6-4-11)13-7-9-14(15)10-8-13;2-1(3)4/h2-10H,1H2;(H2,2,3,4). The summed E-state index contributed by atoms with van der Waals surface area (Å²) in [6, 6.07) is 16.1. The van der Waals surface area contributed by atoms with Gasteiger partial charge in [0.1, 0.15) is 0 Å². The van der Waals surface area contributed by atoms with E-state index in [0.29, 0.717) is 0 Å². The van der Waals surface area contributed by atoms with Crippen molar-refractivity contribution < 1.29 is 15.0 Å². The molecule has 0 fully saturated rings. The van der Waals surface area contributed by atoms with Crippen molar-refractivity contribution >= 4 is 23.8 Å². The number of carbonyl (C=O) groups is 1. The Bertz CT molecular complexity index is 541. The molecule has 0 spiro atoms. The molecule has 2 rings (SSSR count). The van der Waals surface area contributed by atoms with Gasteiger partial charge in [-0.05, 0) is 28.8 Å². The van der Waals surface area contributed by atoms with Gasteiger partial charge in [0, 0.05) is 5.02 Å². The number of hydrogen-bond donors (Lipinski definition) is 2. The summed E-state index contributed by atoms with van der Waals surface area (Å²) in [6.45, 7) is 3.73. The molecule has 0 amide bonds. The van der Waals surface area contributed by atoms with Crippen LogP contribution in [0.25, 0.3) is 17.2 Å². The summed E-state index contributed by atoms with van der Waals surface area (Å²) < 4.78 is 0. The Morgan fingerprint density at radius 3 is 1.68 bits per heavy atom. The molecule has 19 heavy (non-hydrogen) atoms. The van der Waals surface area contributed by atoms with Crippen molar-refractivity contribution in [2.45, 2.75) is 0 Å². The fraction of sp³-hybridized carbons (Fsp3) is 0. The second-order valence-corrected chi connectivity index (χ2v) is 4.05. The minimum Gasteiger partial charge on any atom is -0.450 e. The first-order valence-corrected chi connectivity index (χ1v) is 5.81. The van der Waals surface area contributed by atoms with Gasteiger partial charge >= 0.3 is 6.16 Å². The van der Waals surface area contributed by atoms with Gasteiger partial charge in [0.2, 0.25) is 0 Å². The number of hydrogen-bond acceptors (Lipinski definition) is 1. The molecule has 0 saturated heterocycles. The van der Waals surface area contributed by atoms with Gasteiger partial charge < -0.3 is 10.2 Å². The Morgan fingerprint density at radius 1 is 0.947 bits per heavy atom. The van der Waals surface area contributed by atoms with E-state index in [1.165, 1.54) is 11.1 Å². The summed E-state index contributed by atoms with van der Waals surface area (Å²) in [5.41, 5.74) is 3.50. The monoisotopic (exact) mass is 276 g/mol. The molecule has 0 aromatic heterocycles. The quantitative estimate of drug-likeness (QED) is 0.822. The van der Waals surface area contributed by atoms with Crippen LogP contribution in [0.5, 0.6) is 0 Å². The van der Waals surface area contributed by atoms with Crippen LogP contribution in [0.3, 0.4) is 0 Å². The van der Waals surface area contributed by atoms with E-state index in [9.17, 15) is 0 Å². The van der Waals surface area contributed by atoms with Gasteiger partial charge in [-0.25, -0.2) is 4.79 Å². The molecule has 0 atom stereocenters. The van der Waals surface area contributed by atoms with E-state index >= 15 is 0 Å². The van der Waals surface area contributed by atoms with Crippen LogP contribution in [0.15, 0.2) is 55.1 Å². The van der Waals surface area contributed by atoms with E-state index in [1.54, 1.807) is 0 Å². The van der Waals surface area contributed by atoms with Crippen LogP contribution < -0.4 is 0 Å². The molecule has 0 aliphatic rings. The van der Waals surface area contributed by atoms with Crippen LogP contribution >= 0.6 is 11.6 Å². The average Bonchev–Trinajstić information content (AvgIpc) is 2.39. The first-order valence-electron chi connectivity index (χ1n) is 5.43. The summed E-state index contributed by atoms with van der Waals surface area (Å²) in [6.07, 6.45) is 0.00560. The van der Waals surface area contributed by atoms with Crippen LogP contribution in [0.1, 0.15) is 5.56 Å². The lowest BCUT2D eigenvalue weighted by Crippen LogP contribution is -1.81. The van der Waals surface area contributed by atoms with Gasteiger partial charge in [-0.3, -0.25) is 0 Å². The van der Waals surface area contributed by atoms with Crippen LogP contribution in [0, 0.1) is 0 Å². The van der Waals surface area contributed by atoms with Crippen LogP contribution in [-0.2, 0) is 0 Å². The number of carboxylic acid groups (broad SMARTS) is 2. The zero-order chi connectivity index (χ0) is 14.3. The maximum absolute atomic E-state index is 8.56. The van der Waals surface area contributed by atoms with Crippen molar-refractivity contribution in [3.63, 3.8) is 0 Å². The van der Waals surface area contributed by atoms with Gasteiger partial charge in [-0.15, -0.1) is 0 Å². The van der Waals surface area contributed by atoms with Gasteiger partial charge in [0.15, 0.2) is 0 Å². The Kier molecular flexibility index (Phi) is 5.64. The minimum absolute atomic E-state index is 0.765. The lowest BCUT2D eigenvalue weighted by molar-refractivity contribution is 0.137. The maximum atomic E-state index is 8.56. The normalized spacial score (nSPS) is 9.11. The van der Waals surface area contributed by atoms with E-state index in [0.717, 1.165) is 10.6 Å². The van der Waals surface area contributed by atoms with Crippen molar-refractivity contribution in [1.82, 2.24) is 0 Å². The van der Waals surface area contributed by atoms with E-state index in [1.807, 2.05) is 30.3 Å². The third-order valence-electron chi connectivity index (χ3n) is 2.32. The fourth-order valence-electron chi connectivity index (χ4n) is 1.45. The molecule has 0 heterocycles. The highest BCUT2D eigenvalue weighted by molar-refractivity contribution is 6.30. The molecule has 0 radical (unpaired) electrons. The minimum atomic E-state index is -1.83. The topological polar surface area (TPSA) is 57.5 Å². The summed E-state index contributed by atoms with van der Waals surface area (Å²) in [7, 11) is 0. The Morgan fingerprint density at radius 2 is 1.32 bits per heavy atom. The van der Waals surface area contributed by atoms with Gasteiger partial charge in [-0.1, -0.05) is 60.7 Å². The number of halogens is 1. The highest BCUT2D eigenvalue weighted by Crippen LogP contribution is 2.21. The summed E-state index contributed by atoms with van der Waals surface area (Å²) >= 11 is 5.83. The molecule has 0 unspecified atom stereocenters. The Labute approximate surface area is 116 Å². The molecular weight excluding hydrogens is 264 g/mol. The van der Waals surface area contributed by atoms with E-state index in [-0.39, 0.29) is 0 Å². The molecule has 0 saturated carbocycles. The third kappa shape index (κ3) is 5.27. The Balaban J connectivity index is 0.000000399. The lowest BCUT2D eigenvalue weighted by atomic mass is 10.0. The molecule has 0 aliphatic heterocycles. The van der Waals surface area contributed by atoms with Crippen molar-refractivity contribution in [2.75, 3.05) is 0 Å². The SMILES string of the molecule is C=Cc1ccc(-c2ccc(Cl)cc2)cc1.O=C(O)O. The lowest BCUT2D eigenvalue weighted by Gasteiger charge is -2.02. The molecule has 2 aromatic carbocycles. The van der Waals surface area contributed by atoms with Crippen molar-refractivity contribution in [1.29, 1.82) is 0 Å². The second-order valence-electron chi connectivity index (χ2n) is 3.62. The van der Waals surface area contributed by atoms with Crippen LogP contribution in [0.4, 0.5) is 4.79 Å². The van der Waals surface area contributed by atoms with Crippen LogP contribution in [0.2, 0.25) is 5.02 Å². The zero-order valence-corrected chi connectivity index (χ0v) is 10.8. The summed E-state index contributed by atoms with van der Waals surface area (Å²) in [4.78, 5) is 8.56. The van der Waals surface area contributed by atoms with E-state index in [4.69, 9.17) is 26.6 Å². The molecule has 98 valence electrons. The molecule has 0 aliphatic carbocycles. The fourth-order valence-corrected chi connectivity index (χ4v) is 1.58. The molecule has 4 heteroatoms. The van der Waals surface area contributed by atoms with Crippen molar-refractivity contribution in [3.05, 3.63) is 65.7 Å². The molecule has 0 bridgehead atoms. The zero-order valence-electron chi connectivity index (χ0n) is 10.1. The number of benzene rings is 2. The average molecular weight is 277 g/mol. The maximum Gasteiger partial charge on any atom is 0.503 e. The van der Waals surface area contributed by atoms with Crippen LogP contribution in [-0.4, -0.2) is 16.4 Å². The molecule has 2 N–H and O–H groups in total. The predicted octanol–water partition coefficient (Wildman–Crippen LogP) is 4.87. The first kappa shape index (κ1) is 14.8. The van der Waals surface area contributed by atoms with Gasteiger partial charge in [0.25, 0.3) is 0 Å². The highest BCUT2D eigenvalue weighted by Gasteiger charge is 1.96. The largest absolute Gasteiger partial charge is 0.503 e. The van der Waals surface area contributed by atoms with Gasteiger partial charge in [-0.2, -0.15) is 0 Å². The second kappa shape index (κ2) is 7.24. The highest BCUT2D eigenvalue weighted by atomic mass is 35.5. The third-order valence-corrected chi connectivity index (χ3v) is 2.58. The molecule has 3 nitrogen and oxygen atoms in total. The van der Waals surface area contributed by atoms with Crippen molar-refractivity contribution in [3.8, 4) is 11.1 Å². The molecule has 2 aromatic rings. The number of rotatable bonds is 2. The van der Waals surface area contributed by atoms with Gasteiger partial charge in [0.05, 0.1) is 0 Å². The Hall–Kier alpha value is -2.26.